The molecule has 0 bridgehead atoms. The number of nitrogens with one attached hydrogen (secondary N) is 1. The van der Waals surface area contributed by atoms with Gasteiger partial charge in [-0.15, -0.1) is 5.09 Å². The molecule has 0 aromatic heterocycles. The van der Waals surface area contributed by atoms with Crippen molar-refractivity contribution in [1.82, 2.24) is 5.09 Å². The van der Waals surface area contributed by atoms with Crippen LogP contribution in [0.15, 0.2) is 0 Å². The molecule has 2 atom stereocenters. The molecule has 12 heavy (non-hydrogen) atoms. The number of hydrogen-bond donors (Lipinski definition) is 2. The maximum Gasteiger partial charge on any atom is 0.409 e. The minimum absolute atomic E-state index is 0.413. The van der Waals surface area contributed by atoms with Crippen LogP contribution >= 0.6 is 19.3 Å². The molecule has 0 aromatic carbocycles. The summed E-state index contributed by atoms with van der Waals surface area (Å²) in [6, 6.07) is 0.413. The summed E-state index contributed by atoms with van der Waals surface area (Å²) in [5.74, 6) is 0.683. The molecule has 0 aliphatic carbocycles. The van der Waals surface area contributed by atoms with Crippen molar-refractivity contribution in [3.63, 3.8) is 0 Å². The first-order chi connectivity index (χ1) is 5.56. The van der Waals surface area contributed by atoms with Gasteiger partial charge in [0.1, 0.15) is 6.61 Å². The topological polar surface area (TPSA) is 30.5 Å². The molecule has 72 valence electrons. The van der Waals surface area contributed by atoms with E-state index < -0.39 is 7.07 Å². The lowest BCUT2D eigenvalue weighted by Gasteiger charge is -2.10. The molecule has 3 nitrogen and oxygen atoms in total. The van der Waals surface area contributed by atoms with Crippen LogP contribution in [-0.4, -0.2) is 19.8 Å². The number of rotatable bonds is 3. The van der Waals surface area contributed by atoms with Gasteiger partial charge in [-0.1, -0.05) is 13.8 Å². The van der Waals surface area contributed by atoms with Gasteiger partial charge in [-0.25, -0.2) is 0 Å². The first-order valence-corrected chi connectivity index (χ1v) is 6.93. The normalized spacial score (nSPS) is 36.2. The Morgan fingerprint density at radius 2 is 2.42 bits per heavy atom. The van der Waals surface area contributed by atoms with E-state index >= 15 is 0 Å². The second-order valence-corrected chi connectivity index (χ2v) is 6.96. The number of thiol groups is 1. The maximum atomic E-state index is 5.45. The van der Waals surface area contributed by atoms with Crippen molar-refractivity contribution in [2.24, 2.45) is 5.92 Å². The molecule has 0 radical (unpaired) electrons. The second-order valence-electron chi connectivity index (χ2n) is 3.45. The van der Waals surface area contributed by atoms with Crippen LogP contribution in [0, 0.1) is 5.92 Å². The van der Waals surface area contributed by atoms with Gasteiger partial charge in [-0.05, 0) is 12.3 Å². The van der Waals surface area contributed by atoms with Crippen LogP contribution in [0.1, 0.15) is 20.3 Å². The summed E-state index contributed by atoms with van der Waals surface area (Å²) < 4.78 is 10.6. The van der Waals surface area contributed by atoms with Crippen molar-refractivity contribution >= 4 is 19.3 Å². The van der Waals surface area contributed by atoms with Crippen molar-refractivity contribution < 1.29 is 9.05 Å². The fourth-order valence-corrected chi connectivity index (χ4v) is 3.29. The van der Waals surface area contributed by atoms with Crippen LogP contribution in [0.5, 0.6) is 0 Å². The van der Waals surface area contributed by atoms with Crippen molar-refractivity contribution in [2.45, 2.75) is 26.3 Å². The molecule has 1 rings (SSSR count). The average molecular weight is 210 g/mol. The Labute approximate surface area is 79.9 Å². The second kappa shape index (κ2) is 4.25. The predicted molar refractivity (Wildman–Crippen MR) is 55.2 cm³/mol. The van der Waals surface area contributed by atoms with Crippen LogP contribution in [-0.2, 0) is 9.05 Å². The summed E-state index contributed by atoms with van der Waals surface area (Å²) in [5.41, 5.74) is 0. The Morgan fingerprint density at radius 3 is 2.83 bits per heavy atom. The molecule has 1 fully saturated rings. The summed E-state index contributed by atoms with van der Waals surface area (Å²) >= 11 is 4.32. The van der Waals surface area contributed by atoms with Crippen LogP contribution < -0.4 is 5.09 Å². The van der Waals surface area contributed by atoms with E-state index in [1.165, 1.54) is 0 Å². The Morgan fingerprint density at radius 1 is 1.75 bits per heavy atom. The molecule has 1 unspecified atom stereocenters. The monoisotopic (exact) mass is 210 g/mol. The predicted octanol–water partition coefficient (Wildman–Crippen LogP) is 2.27. The van der Waals surface area contributed by atoms with Gasteiger partial charge >= 0.3 is 7.07 Å². The van der Waals surface area contributed by atoms with Gasteiger partial charge in [0.15, 0.2) is 0 Å². The summed E-state index contributed by atoms with van der Waals surface area (Å²) in [6.45, 7) is 5.13. The van der Waals surface area contributed by atoms with Crippen LogP contribution in [0.25, 0.3) is 0 Å². The highest BCUT2D eigenvalue weighted by Gasteiger charge is 2.47. The van der Waals surface area contributed by atoms with Gasteiger partial charge in [0.25, 0.3) is 0 Å². The third-order valence-electron chi connectivity index (χ3n) is 1.80. The molecule has 0 spiro atoms. The van der Waals surface area contributed by atoms with E-state index in [0.29, 0.717) is 12.0 Å². The molecule has 0 amide bonds. The smallest absolute Gasteiger partial charge is 0.181 e. The lowest BCUT2D eigenvalue weighted by Crippen LogP contribution is -2.24. The van der Waals surface area contributed by atoms with E-state index in [4.69, 9.17) is 9.05 Å². The number of hydrogen-bond acceptors (Lipinski definition) is 4. The minimum Gasteiger partial charge on any atom is -0.181 e. The van der Waals surface area contributed by atoms with Gasteiger partial charge < -0.3 is 0 Å². The summed E-state index contributed by atoms with van der Waals surface area (Å²) in [7, 11) is -0.338. The highest BCUT2D eigenvalue weighted by Crippen LogP contribution is 2.64. The Bertz CT molecular complexity index is 158. The van der Waals surface area contributed by atoms with E-state index in [1.54, 1.807) is 7.11 Å². The SMILES string of the molecule is CO[P+]1(S)N[C@@H](CC(C)C)CO1. The first kappa shape index (κ1) is 10.7. The molecule has 1 aliphatic rings. The zero-order valence-corrected chi connectivity index (χ0v) is 9.57. The van der Waals surface area contributed by atoms with Crippen LogP contribution in [0.3, 0.4) is 0 Å². The molecule has 1 N–H and O–H groups in total. The van der Waals surface area contributed by atoms with E-state index in [9.17, 15) is 0 Å². The van der Waals surface area contributed by atoms with Gasteiger partial charge in [0, 0.05) is 0 Å². The highest BCUT2D eigenvalue weighted by molar-refractivity contribution is 8.48. The van der Waals surface area contributed by atoms with E-state index in [-0.39, 0.29) is 0 Å². The maximum absolute atomic E-state index is 5.45. The van der Waals surface area contributed by atoms with Crippen LogP contribution in [0.2, 0.25) is 0 Å². The highest BCUT2D eigenvalue weighted by atomic mass is 32.7. The zero-order valence-electron chi connectivity index (χ0n) is 7.78. The van der Waals surface area contributed by atoms with E-state index in [0.717, 1.165) is 13.0 Å². The molecule has 5 heteroatoms. The largest absolute Gasteiger partial charge is 0.409 e. The Balaban J connectivity index is 2.35. The third kappa shape index (κ3) is 2.86. The third-order valence-corrected chi connectivity index (χ3v) is 4.67. The van der Waals surface area contributed by atoms with Crippen molar-refractivity contribution in [2.75, 3.05) is 13.7 Å². The lowest BCUT2D eigenvalue weighted by molar-refractivity contribution is 0.294. The summed E-state index contributed by atoms with van der Waals surface area (Å²) in [4.78, 5) is 0. The Hall–Kier alpha value is 0.660. The van der Waals surface area contributed by atoms with Crippen molar-refractivity contribution in [1.29, 1.82) is 0 Å². The molecular formula is C7H17NO2PS+. The quantitative estimate of drug-likeness (QED) is 0.553. The molecule has 1 saturated heterocycles. The van der Waals surface area contributed by atoms with Gasteiger partial charge in [0.05, 0.1) is 25.4 Å². The summed E-state index contributed by atoms with van der Waals surface area (Å²) in [5, 5.41) is 3.28. The lowest BCUT2D eigenvalue weighted by atomic mass is 10.1. The van der Waals surface area contributed by atoms with E-state index in [2.05, 4.69) is 31.2 Å². The van der Waals surface area contributed by atoms with Crippen molar-refractivity contribution in [3.8, 4) is 0 Å². The fourth-order valence-electron chi connectivity index (χ4n) is 1.29. The van der Waals surface area contributed by atoms with Gasteiger partial charge in [0.2, 0.25) is 0 Å². The standard InChI is InChI=1S/C7H17NO2PS/c1-6(2)4-7-5-10-11(12,8-7)9-3/h6-8,12H,4-5H2,1-3H3/q+1/t7-,11?/m0/s1. The van der Waals surface area contributed by atoms with Crippen molar-refractivity contribution in [3.05, 3.63) is 0 Å². The minimum atomic E-state index is -1.97. The van der Waals surface area contributed by atoms with Gasteiger partial charge in [-0.3, -0.25) is 0 Å². The average Bonchev–Trinajstić information content (AvgIpc) is 2.32. The molecule has 0 aromatic rings. The molecular weight excluding hydrogens is 193 g/mol. The zero-order chi connectivity index (χ0) is 9.19. The van der Waals surface area contributed by atoms with Gasteiger partial charge in [-0.2, -0.15) is 9.05 Å². The first-order valence-electron chi connectivity index (χ1n) is 4.15. The summed E-state index contributed by atoms with van der Waals surface area (Å²) in [6.07, 6.45) is 1.12. The van der Waals surface area contributed by atoms with E-state index in [1.807, 2.05) is 0 Å². The molecule has 0 saturated carbocycles. The molecule has 1 heterocycles. The Kier molecular flexibility index (Phi) is 3.80. The van der Waals surface area contributed by atoms with Crippen LogP contribution in [0.4, 0.5) is 0 Å². The fraction of sp³-hybridized carbons (Fsp3) is 1.00. The molecule has 1 aliphatic heterocycles.